The van der Waals surface area contributed by atoms with E-state index >= 15 is 0 Å². The number of hydrogen-bond acceptors (Lipinski definition) is 8. The summed E-state index contributed by atoms with van der Waals surface area (Å²) in [4.78, 5) is 0. The molecule has 0 bridgehead atoms. The van der Waals surface area contributed by atoms with Gasteiger partial charge in [0.1, 0.15) is 17.1 Å². The molecule has 0 unspecified atom stereocenters. The SMILES string of the molecule is COc1ccc(C(OC[C@@H](CO[Si](C)(C)C(C)(C)C)O[CH-]COS(C)(=O)=O)(c2ccccc2)c2ccc(OC)cc2)cc1.[U]. The minimum atomic E-state index is -3.62. The molecule has 11 heteroatoms. The Bertz CT molecular complexity index is 1330. The molecule has 3 rings (SSSR count). The van der Waals surface area contributed by atoms with Gasteiger partial charge < -0.3 is 27.6 Å². The number of hydrogen-bond donors (Lipinski definition) is 0. The predicted molar refractivity (Wildman–Crippen MR) is 171 cm³/mol. The molecule has 0 aromatic heterocycles. The summed E-state index contributed by atoms with van der Waals surface area (Å²) < 4.78 is 58.3. The van der Waals surface area contributed by atoms with Gasteiger partial charge in [0.25, 0.3) is 10.1 Å². The van der Waals surface area contributed by atoms with Crippen LogP contribution in [-0.2, 0) is 33.8 Å². The van der Waals surface area contributed by atoms with Crippen LogP contribution in [0.1, 0.15) is 37.5 Å². The molecule has 3 aromatic rings. The van der Waals surface area contributed by atoms with E-state index in [1.165, 1.54) is 6.61 Å². The molecular weight excluding hydrogens is 823 g/mol. The summed E-state index contributed by atoms with van der Waals surface area (Å²) >= 11 is 0. The first-order valence-corrected chi connectivity index (χ1v) is 18.9. The van der Waals surface area contributed by atoms with Gasteiger partial charge in [-0.3, -0.25) is 0 Å². The van der Waals surface area contributed by atoms with Crippen LogP contribution in [0.25, 0.3) is 0 Å². The molecule has 0 saturated heterocycles. The molecular formula is C33H45O8SSiU-. The standard InChI is InChI=1S/C33H45O8SSi.U/c1-32(2,3)43(7,8)41-25-31(38-22-23-40-42(6,34)35)24-39-33(26-12-10-9-11-13-26,27-14-18-29(36-4)19-15-27)28-16-20-30(37-5)21-17-28;/h9-22,31H,23-25H2,1-8H3;/q-1;/t31-;/m0./s1. The Morgan fingerprint density at radius 1 is 0.773 bits per heavy atom. The molecule has 3 aromatic carbocycles. The van der Waals surface area contributed by atoms with Gasteiger partial charge >= 0.3 is 0 Å². The van der Waals surface area contributed by atoms with E-state index in [-0.39, 0.29) is 56.0 Å². The van der Waals surface area contributed by atoms with Gasteiger partial charge in [0.2, 0.25) is 0 Å². The first-order chi connectivity index (χ1) is 20.2. The van der Waals surface area contributed by atoms with Crippen LogP contribution in [0.3, 0.4) is 0 Å². The Morgan fingerprint density at radius 3 is 1.68 bits per heavy atom. The van der Waals surface area contributed by atoms with Crippen LogP contribution in [0.4, 0.5) is 0 Å². The monoisotopic (exact) mass is 867 g/mol. The number of rotatable bonds is 16. The van der Waals surface area contributed by atoms with Gasteiger partial charge in [0, 0.05) is 31.1 Å². The average Bonchev–Trinajstić information content (AvgIpc) is 2.98. The van der Waals surface area contributed by atoms with Crippen LogP contribution < -0.4 is 9.47 Å². The second-order valence-electron chi connectivity index (χ2n) is 11.8. The zero-order chi connectivity index (χ0) is 31.7. The van der Waals surface area contributed by atoms with Gasteiger partial charge in [-0.05, 0) is 65.7 Å². The molecule has 240 valence electrons. The third-order valence-electron chi connectivity index (χ3n) is 7.73. The average molecular weight is 868 g/mol. The quantitative estimate of drug-likeness (QED) is 0.0527. The van der Waals surface area contributed by atoms with E-state index < -0.39 is 30.1 Å². The van der Waals surface area contributed by atoms with Crippen LogP contribution in [0.15, 0.2) is 78.9 Å². The van der Waals surface area contributed by atoms with E-state index in [0.29, 0.717) is 0 Å². The van der Waals surface area contributed by atoms with Gasteiger partial charge in [0.05, 0.1) is 39.8 Å². The van der Waals surface area contributed by atoms with Crippen molar-refractivity contribution in [2.45, 2.75) is 50.6 Å². The van der Waals surface area contributed by atoms with Crippen molar-refractivity contribution in [3.8, 4) is 11.5 Å². The van der Waals surface area contributed by atoms with Crippen molar-refractivity contribution < 1.29 is 67.1 Å². The van der Waals surface area contributed by atoms with Crippen LogP contribution in [0.2, 0.25) is 18.1 Å². The first kappa shape index (κ1) is 38.5. The van der Waals surface area contributed by atoms with Crippen molar-refractivity contribution in [2.75, 3.05) is 40.3 Å². The minimum Gasteiger partial charge on any atom is -0.544 e. The van der Waals surface area contributed by atoms with Crippen molar-refractivity contribution in [2.24, 2.45) is 0 Å². The normalized spacial score (nSPS) is 13.2. The van der Waals surface area contributed by atoms with Crippen LogP contribution in [0, 0.1) is 37.7 Å². The van der Waals surface area contributed by atoms with E-state index in [9.17, 15) is 8.42 Å². The third-order valence-corrected chi connectivity index (χ3v) is 12.8. The fourth-order valence-corrected chi connectivity index (χ4v) is 5.60. The molecule has 0 aliphatic carbocycles. The summed E-state index contributed by atoms with van der Waals surface area (Å²) in [7, 11) is -2.49. The Morgan fingerprint density at radius 2 is 1.25 bits per heavy atom. The van der Waals surface area contributed by atoms with Crippen molar-refractivity contribution in [1.29, 1.82) is 0 Å². The van der Waals surface area contributed by atoms with Crippen LogP contribution >= 0.6 is 0 Å². The minimum absolute atomic E-state index is 0. The molecule has 1 atom stereocenters. The summed E-state index contributed by atoms with van der Waals surface area (Å²) in [5, 5.41) is -0.0124. The maximum atomic E-state index is 11.5. The van der Waals surface area contributed by atoms with Crippen molar-refractivity contribution >= 4 is 18.4 Å². The molecule has 0 amide bonds. The second-order valence-corrected chi connectivity index (χ2v) is 18.3. The van der Waals surface area contributed by atoms with Gasteiger partial charge in [-0.1, -0.05) is 75.4 Å². The van der Waals surface area contributed by atoms with Crippen molar-refractivity contribution in [1.82, 2.24) is 0 Å². The molecule has 0 aliphatic heterocycles. The molecule has 44 heavy (non-hydrogen) atoms. The summed E-state index contributed by atoms with van der Waals surface area (Å²) in [6, 6.07) is 25.6. The van der Waals surface area contributed by atoms with E-state index in [2.05, 4.69) is 33.9 Å². The van der Waals surface area contributed by atoms with Gasteiger partial charge in [0.15, 0.2) is 8.32 Å². The van der Waals surface area contributed by atoms with Gasteiger partial charge in [-0.25, -0.2) is 0 Å². The summed E-state index contributed by atoms with van der Waals surface area (Å²) in [5.41, 5.74) is 1.65. The molecule has 8 nitrogen and oxygen atoms in total. The molecule has 0 N–H and O–H groups in total. The van der Waals surface area contributed by atoms with Crippen LogP contribution in [-0.4, -0.2) is 63.1 Å². The fourth-order valence-electron chi connectivity index (χ4n) is 4.26. The summed E-state index contributed by atoms with van der Waals surface area (Å²) in [6.45, 7) is 12.3. The number of ether oxygens (including phenoxy) is 4. The van der Waals surface area contributed by atoms with Crippen molar-refractivity contribution in [3.63, 3.8) is 0 Å². The maximum Gasteiger partial charge on any atom is 0.261 e. The second kappa shape index (κ2) is 16.8. The van der Waals surface area contributed by atoms with E-state index in [0.717, 1.165) is 34.4 Å². The third kappa shape index (κ3) is 10.4. The van der Waals surface area contributed by atoms with Crippen molar-refractivity contribution in [3.05, 3.63) is 102 Å². The Labute approximate surface area is 288 Å². The number of methoxy groups -OCH3 is 2. The largest absolute Gasteiger partial charge is 0.544 e. The Balaban J connectivity index is 0.00000675. The maximum absolute atomic E-state index is 11.5. The topological polar surface area (TPSA) is 89.5 Å². The summed E-state index contributed by atoms with van der Waals surface area (Å²) in [5.74, 6) is 1.45. The van der Waals surface area contributed by atoms with E-state index in [4.69, 9.17) is 27.6 Å². The smallest absolute Gasteiger partial charge is 0.261 e. The Kier molecular flexibility index (Phi) is 14.7. The molecule has 0 heterocycles. The zero-order valence-electron chi connectivity index (χ0n) is 27.0. The summed E-state index contributed by atoms with van der Waals surface area (Å²) in [6.07, 6.45) is 0.441. The van der Waals surface area contributed by atoms with Crippen LogP contribution in [0.5, 0.6) is 11.5 Å². The van der Waals surface area contributed by atoms with Gasteiger partial charge in [-0.2, -0.15) is 15.0 Å². The molecule has 0 aliphatic rings. The van der Waals surface area contributed by atoms with E-state index in [1.54, 1.807) is 14.2 Å². The molecule has 0 fully saturated rings. The molecule has 0 spiro atoms. The zero-order valence-corrected chi connectivity index (χ0v) is 32.9. The molecule has 0 saturated carbocycles. The Hall–Kier alpha value is -1.68. The fraction of sp³-hybridized carbons (Fsp3) is 0.424. The first-order valence-electron chi connectivity index (χ1n) is 14.2. The predicted octanol–water partition coefficient (Wildman–Crippen LogP) is 6.56. The van der Waals surface area contributed by atoms with E-state index in [1.807, 2.05) is 78.9 Å². The van der Waals surface area contributed by atoms with Gasteiger partial charge in [-0.15, -0.1) is 0 Å². The number of benzene rings is 3. The molecule has 0 radical (unpaired) electrons.